The zero-order chi connectivity index (χ0) is 16.9. The van der Waals surface area contributed by atoms with E-state index >= 15 is 0 Å². The zero-order valence-electron chi connectivity index (χ0n) is 13.9. The number of hydrogen-bond donors (Lipinski definition) is 1. The van der Waals surface area contributed by atoms with Gasteiger partial charge in [-0.3, -0.25) is 4.79 Å². The fraction of sp³-hybridized carbons (Fsp3) is 0.333. The minimum Gasteiger partial charge on any atom is -0.490 e. The fourth-order valence-corrected chi connectivity index (χ4v) is 2.65. The molecule has 6 heteroatoms. The number of aromatic nitrogens is 2. The molecule has 0 radical (unpaired) electrons. The van der Waals surface area contributed by atoms with Crippen LogP contribution in [0.1, 0.15) is 19.4 Å². The molecule has 1 aromatic heterocycles. The van der Waals surface area contributed by atoms with E-state index in [0.29, 0.717) is 30.2 Å². The van der Waals surface area contributed by atoms with Crippen LogP contribution in [0.25, 0.3) is 6.08 Å². The van der Waals surface area contributed by atoms with Gasteiger partial charge in [0.25, 0.3) is 5.91 Å². The van der Waals surface area contributed by atoms with Crippen LogP contribution in [0, 0.1) is 0 Å². The molecule has 6 nitrogen and oxygen atoms in total. The summed E-state index contributed by atoms with van der Waals surface area (Å²) in [5.74, 6) is 1.29. The van der Waals surface area contributed by atoms with Gasteiger partial charge in [0.2, 0.25) is 0 Å². The van der Waals surface area contributed by atoms with E-state index in [2.05, 4.69) is 10.3 Å². The van der Waals surface area contributed by atoms with Gasteiger partial charge in [-0.05, 0) is 26.0 Å². The second-order valence-electron chi connectivity index (χ2n) is 5.70. The summed E-state index contributed by atoms with van der Waals surface area (Å²) in [7, 11) is 0. The van der Waals surface area contributed by atoms with Crippen LogP contribution in [0.3, 0.4) is 0 Å². The maximum atomic E-state index is 12.4. The number of para-hydroxylation sites is 1. The predicted octanol–water partition coefficient (Wildman–Crippen LogP) is 2.26. The highest BCUT2D eigenvalue weighted by molar-refractivity contribution is 5.99. The van der Waals surface area contributed by atoms with Crippen molar-refractivity contribution in [2.75, 3.05) is 13.2 Å². The number of carbonyl (C=O) groups excluding carboxylic acids is 1. The van der Waals surface area contributed by atoms with Crippen LogP contribution in [-0.4, -0.2) is 34.7 Å². The van der Waals surface area contributed by atoms with Gasteiger partial charge in [0.15, 0.2) is 11.5 Å². The van der Waals surface area contributed by atoms with Gasteiger partial charge < -0.3 is 19.4 Å². The first kappa shape index (κ1) is 16.1. The molecule has 0 bridgehead atoms. The van der Waals surface area contributed by atoms with Gasteiger partial charge in [0, 0.05) is 30.5 Å². The number of hydrogen-bond acceptors (Lipinski definition) is 4. The van der Waals surface area contributed by atoms with Crippen LogP contribution in [0.2, 0.25) is 0 Å². The first-order chi connectivity index (χ1) is 11.7. The third-order valence-electron chi connectivity index (χ3n) is 3.72. The molecule has 24 heavy (non-hydrogen) atoms. The lowest BCUT2D eigenvalue weighted by Crippen LogP contribution is -2.37. The van der Waals surface area contributed by atoms with E-state index in [1.54, 1.807) is 12.5 Å². The van der Waals surface area contributed by atoms with Crippen LogP contribution < -0.4 is 14.8 Å². The molecule has 126 valence electrons. The Labute approximate surface area is 141 Å². The van der Waals surface area contributed by atoms with Gasteiger partial charge in [-0.2, -0.15) is 0 Å². The highest BCUT2D eigenvalue weighted by atomic mass is 16.5. The summed E-state index contributed by atoms with van der Waals surface area (Å²) in [5.41, 5.74) is 1.47. The van der Waals surface area contributed by atoms with Gasteiger partial charge in [0.1, 0.15) is 6.61 Å². The summed E-state index contributed by atoms with van der Waals surface area (Å²) in [4.78, 5) is 16.4. The lowest BCUT2D eigenvalue weighted by molar-refractivity contribution is -0.118. The standard InChI is InChI=1S/C18H21N3O3/c1-3-23-16-6-4-5-14-9-15(11-24-17(14)16)18(22)20-13(2)10-21-8-7-19-12-21/h4-9,12-13H,3,10-11H2,1-2H3,(H,20,22). The Bertz CT molecular complexity index is 738. The van der Waals surface area contributed by atoms with Crippen LogP contribution in [0.4, 0.5) is 0 Å². The smallest absolute Gasteiger partial charge is 0.250 e. The van der Waals surface area contributed by atoms with Crippen LogP contribution in [0.5, 0.6) is 11.5 Å². The van der Waals surface area contributed by atoms with Crippen molar-refractivity contribution in [2.24, 2.45) is 0 Å². The summed E-state index contributed by atoms with van der Waals surface area (Å²) in [5, 5.41) is 2.99. The second-order valence-corrected chi connectivity index (χ2v) is 5.70. The SMILES string of the molecule is CCOc1cccc2c1OCC(C(=O)NC(C)Cn1ccnc1)=C2. The van der Waals surface area contributed by atoms with Gasteiger partial charge in [0.05, 0.1) is 18.5 Å². The third kappa shape index (κ3) is 3.59. The Morgan fingerprint density at radius 3 is 3.12 bits per heavy atom. The Balaban J connectivity index is 1.69. The molecule has 1 aliphatic heterocycles. The number of ether oxygens (including phenoxy) is 2. The average molecular weight is 327 g/mol. The molecule has 0 saturated carbocycles. The maximum absolute atomic E-state index is 12.4. The van der Waals surface area contributed by atoms with E-state index in [1.807, 2.05) is 48.9 Å². The number of benzene rings is 1. The molecule has 0 spiro atoms. The number of nitrogens with zero attached hydrogens (tertiary/aromatic N) is 2. The van der Waals surface area contributed by atoms with Gasteiger partial charge >= 0.3 is 0 Å². The molecule has 1 atom stereocenters. The highest BCUT2D eigenvalue weighted by Crippen LogP contribution is 2.35. The van der Waals surface area contributed by atoms with Crippen LogP contribution in [0.15, 0.2) is 42.5 Å². The molecule has 2 aromatic rings. The maximum Gasteiger partial charge on any atom is 0.250 e. The Morgan fingerprint density at radius 2 is 2.38 bits per heavy atom. The summed E-state index contributed by atoms with van der Waals surface area (Å²) in [6, 6.07) is 5.67. The van der Waals surface area contributed by atoms with Gasteiger partial charge in [-0.1, -0.05) is 12.1 Å². The molecular weight excluding hydrogens is 306 g/mol. The first-order valence-corrected chi connectivity index (χ1v) is 8.03. The molecule has 1 aromatic carbocycles. The van der Waals surface area contributed by atoms with Gasteiger partial charge in [-0.15, -0.1) is 0 Å². The topological polar surface area (TPSA) is 65.4 Å². The number of rotatable bonds is 6. The average Bonchev–Trinajstić information content (AvgIpc) is 3.07. The van der Waals surface area contributed by atoms with Crippen LogP contribution in [-0.2, 0) is 11.3 Å². The molecule has 2 heterocycles. The van der Waals surface area contributed by atoms with Crippen molar-refractivity contribution in [1.29, 1.82) is 0 Å². The second kappa shape index (κ2) is 7.21. The number of carbonyl (C=O) groups is 1. The Kier molecular flexibility index (Phi) is 4.84. The monoisotopic (exact) mass is 327 g/mol. The number of amides is 1. The number of imidazole rings is 1. The van der Waals surface area contributed by atoms with E-state index < -0.39 is 0 Å². The largest absolute Gasteiger partial charge is 0.490 e. The van der Waals surface area contributed by atoms with Crippen LogP contribution >= 0.6 is 0 Å². The minimum atomic E-state index is -0.116. The quantitative estimate of drug-likeness (QED) is 0.884. The predicted molar refractivity (Wildman–Crippen MR) is 90.9 cm³/mol. The molecule has 1 unspecified atom stereocenters. The van der Waals surface area contributed by atoms with E-state index in [-0.39, 0.29) is 18.6 Å². The fourth-order valence-electron chi connectivity index (χ4n) is 2.65. The third-order valence-corrected chi connectivity index (χ3v) is 3.72. The first-order valence-electron chi connectivity index (χ1n) is 8.03. The summed E-state index contributed by atoms with van der Waals surface area (Å²) in [6.45, 7) is 5.37. The van der Waals surface area contributed by atoms with Crippen molar-refractivity contribution in [3.8, 4) is 11.5 Å². The summed E-state index contributed by atoms with van der Waals surface area (Å²) in [6.07, 6.45) is 7.19. The van der Waals surface area contributed by atoms with Gasteiger partial charge in [-0.25, -0.2) is 4.98 Å². The summed E-state index contributed by atoms with van der Waals surface area (Å²) >= 11 is 0. The lowest BCUT2D eigenvalue weighted by atomic mass is 10.1. The molecular formula is C18H21N3O3. The highest BCUT2D eigenvalue weighted by Gasteiger charge is 2.21. The zero-order valence-corrected chi connectivity index (χ0v) is 13.9. The minimum absolute atomic E-state index is 0.0104. The molecule has 3 rings (SSSR count). The molecule has 1 N–H and O–H groups in total. The molecule has 1 aliphatic rings. The summed E-state index contributed by atoms with van der Waals surface area (Å²) < 4.78 is 13.2. The lowest BCUT2D eigenvalue weighted by Gasteiger charge is -2.21. The number of nitrogens with one attached hydrogen (secondary N) is 1. The molecule has 1 amide bonds. The van der Waals surface area contributed by atoms with Crippen molar-refractivity contribution >= 4 is 12.0 Å². The van der Waals surface area contributed by atoms with E-state index in [0.717, 1.165) is 5.56 Å². The van der Waals surface area contributed by atoms with Crippen molar-refractivity contribution in [3.63, 3.8) is 0 Å². The normalized spacial score (nSPS) is 14.2. The van der Waals surface area contributed by atoms with Crippen molar-refractivity contribution in [2.45, 2.75) is 26.4 Å². The van der Waals surface area contributed by atoms with E-state index in [1.165, 1.54) is 0 Å². The van der Waals surface area contributed by atoms with Crippen molar-refractivity contribution in [1.82, 2.24) is 14.9 Å². The van der Waals surface area contributed by atoms with Crippen molar-refractivity contribution < 1.29 is 14.3 Å². The van der Waals surface area contributed by atoms with E-state index in [4.69, 9.17) is 9.47 Å². The van der Waals surface area contributed by atoms with E-state index in [9.17, 15) is 4.79 Å². The Hall–Kier alpha value is -2.76. The molecule has 0 fully saturated rings. The number of fused-ring (bicyclic) bond motifs is 1. The van der Waals surface area contributed by atoms with Crippen molar-refractivity contribution in [3.05, 3.63) is 48.1 Å². The molecule has 0 aliphatic carbocycles. The molecule has 0 saturated heterocycles. The Morgan fingerprint density at radius 1 is 1.50 bits per heavy atom.